The predicted molar refractivity (Wildman–Crippen MR) is 44.8 cm³/mol. The molecule has 11 heavy (non-hydrogen) atoms. The molecule has 0 aliphatic carbocycles. The van der Waals surface area contributed by atoms with Gasteiger partial charge in [-0.3, -0.25) is 9.63 Å². The van der Waals surface area contributed by atoms with Crippen LogP contribution in [0.1, 0.15) is 27.2 Å². The average molecular weight is 162 g/mol. The first kappa shape index (κ1) is 13.0. The Labute approximate surface area is 68.1 Å². The van der Waals surface area contributed by atoms with Crippen LogP contribution in [0.2, 0.25) is 0 Å². The minimum Gasteiger partial charge on any atom is -0.354 e. The van der Waals surface area contributed by atoms with Gasteiger partial charge in [-0.15, -0.1) is 0 Å². The second kappa shape index (κ2) is 12.1. The average Bonchev–Trinajstić information content (AvgIpc) is 2.05. The summed E-state index contributed by atoms with van der Waals surface area (Å²) in [7, 11) is 0. The summed E-state index contributed by atoms with van der Waals surface area (Å²) < 4.78 is 0. The van der Waals surface area contributed by atoms with Gasteiger partial charge < -0.3 is 5.32 Å². The molecule has 3 N–H and O–H groups in total. The van der Waals surface area contributed by atoms with Crippen LogP contribution >= 0.6 is 0 Å². The van der Waals surface area contributed by atoms with Crippen LogP contribution in [-0.2, 0) is 9.63 Å². The monoisotopic (exact) mass is 162 g/mol. The first-order valence-electron chi connectivity index (χ1n) is 3.89. The third kappa shape index (κ3) is 12.6. The van der Waals surface area contributed by atoms with Gasteiger partial charge in [0, 0.05) is 6.54 Å². The third-order valence-electron chi connectivity index (χ3n) is 0.787. The number of amides is 1. The van der Waals surface area contributed by atoms with Gasteiger partial charge in [0.1, 0.15) is 6.61 Å². The Kier molecular flexibility index (Phi) is 14.3. The first-order chi connectivity index (χ1) is 5.31. The summed E-state index contributed by atoms with van der Waals surface area (Å²) in [6.07, 6.45) is 0.927. The fourth-order valence-corrected chi connectivity index (χ4v) is 0.391. The summed E-state index contributed by atoms with van der Waals surface area (Å²) >= 11 is 0. The normalized spacial score (nSPS) is 8.00. The number of carbonyl (C=O) groups is 1. The molecule has 0 spiro atoms. The van der Waals surface area contributed by atoms with E-state index < -0.39 is 0 Å². The van der Waals surface area contributed by atoms with Gasteiger partial charge in [-0.1, -0.05) is 20.8 Å². The Morgan fingerprint density at radius 1 is 1.55 bits per heavy atom. The lowest BCUT2D eigenvalue weighted by Crippen LogP contribution is -2.29. The topological polar surface area (TPSA) is 64.3 Å². The van der Waals surface area contributed by atoms with E-state index in [1.807, 2.05) is 20.8 Å². The maximum absolute atomic E-state index is 10.5. The summed E-state index contributed by atoms with van der Waals surface area (Å²) in [5, 5.41) is 2.59. The Morgan fingerprint density at radius 3 is 2.45 bits per heavy atom. The Hall–Kier alpha value is -0.610. The SMILES string of the molecule is CC.CCCNC(=O)CON. The lowest BCUT2D eigenvalue weighted by Gasteiger charge is -1.99. The van der Waals surface area contributed by atoms with Gasteiger partial charge in [-0.2, -0.15) is 0 Å². The van der Waals surface area contributed by atoms with E-state index in [4.69, 9.17) is 0 Å². The number of carbonyl (C=O) groups excluding carboxylic acids is 1. The van der Waals surface area contributed by atoms with Crippen molar-refractivity contribution in [2.45, 2.75) is 27.2 Å². The molecule has 4 heteroatoms. The standard InChI is InChI=1S/C5H12N2O2.C2H6/c1-2-3-7-5(8)4-9-6;1-2/h2-4,6H2,1H3,(H,7,8);1-2H3. The zero-order valence-corrected chi connectivity index (χ0v) is 7.52. The zero-order chi connectivity index (χ0) is 9.11. The molecule has 0 aromatic heterocycles. The van der Waals surface area contributed by atoms with Crippen LogP contribution in [0.15, 0.2) is 0 Å². The summed E-state index contributed by atoms with van der Waals surface area (Å²) in [6, 6.07) is 0. The van der Waals surface area contributed by atoms with E-state index in [0.717, 1.165) is 6.42 Å². The molecular formula is C7H18N2O2. The fourth-order valence-electron chi connectivity index (χ4n) is 0.391. The summed E-state index contributed by atoms with van der Waals surface area (Å²) in [6.45, 7) is 6.60. The van der Waals surface area contributed by atoms with E-state index in [1.165, 1.54) is 0 Å². The van der Waals surface area contributed by atoms with Gasteiger partial charge in [0.15, 0.2) is 0 Å². The number of rotatable bonds is 4. The molecule has 0 atom stereocenters. The van der Waals surface area contributed by atoms with Crippen LogP contribution in [-0.4, -0.2) is 19.1 Å². The van der Waals surface area contributed by atoms with Crippen molar-refractivity contribution in [3.63, 3.8) is 0 Å². The van der Waals surface area contributed by atoms with Crippen molar-refractivity contribution in [1.82, 2.24) is 5.32 Å². The summed E-state index contributed by atoms with van der Waals surface area (Å²) in [4.78, 5) is 14.6. The highest BCUT2D eigenvalue weighted by atomic mass is 16.6. The molecule has 0 unspecified atom stereocenters. The molecule has 0 bridgehead atoms. The molecule has 1 amide bonds. The molecule has 0 aromatic carbocycles. The van der Waals surface area contributed by atoms with Crippen molar-refractivity contribution in [3.8, 4) is 0 Å². The van der Waals surface area contributed by atoms with E-state index in [1.54, 1.807) is 0 Å². The Bertz CT molecular complexity index is 86.5. The van der Waals surface area contributed by atoms with E-state index in [2.05, 4.69) is 16.1 Å². The number of nitrogens with one attached hydrogen (secondary N) is 1. The molecule has 4 nitrogen and oxygen atoms in total. The number of nitrogens with two attached hydrogens (primary N) is 1. The maximum Gasteiger partial charge on any atom is 0.248 e. The van der Waals surface area contributed by atoms with Crippen molar-refractivity contribution in [3.05, 3.63) is 0 Å². The minimum absolute atomic E-state index is 0.0556. The highest BCUT2D eigenvalue weighted by Crippen LogP contribution is 1.70. The highest BCUT2D eigenvalue weighted by molar-refractivity contribution is 5.76. The molecule has 0 aliphatic rings. The van der Waals surface area contributed by atoms with Crippen molar-refractivity contribution < 1.29 is 9.63 Å². The molecule has 0 rings (SSSR count). The van der Waals surface area contributed by atoms with E-state index in [0.29, 0.717) is 6.54 Å². The quantitative estimate of drug-likeness (QED) is 0.589. The number of hydrogen-bond donors (Lipinski definition) is 2. The number of hydrogen-bond acceptors (Lipinski definition) is 3. The maximum atomic E-state index is 10.5. The van der Waals surface area contributed by atoms with Crippen molar-refractivity contribution in [1.29, 1.82) is 0 Å². The van der Waals surface area contributed by atoms with Gasteiger partial charge >= 0.3 is 0 Å². The molecule has 0 fully saturated rings. The third-order valence-corrected chi connectivity index (χ3v) is 0.787. The van der Waals surface area contributed by atoms with Gasteiger partial charge in [0.2, 0.25) is 5.91 Å². The molecule has 0 aliphatic heterocycles. The second-order valence-corrected chi connectivity index (χ2v) is 1.66. The van der Waals surface area contributed by atoms with E-state index >= 15 is 0 Å². The predicted octanol–water partition coefficient (Wildman–Crippen LogP) is 0.429. The van der Waals surface area contributed by atoms with Crippen molar-refractivity contribution >= 4 is 5.91 Å². The minimum atomic E-state index is -0.167. The summed E-state index contributed by atoms with van der Waals surface area (Å²) in [5.74, 6) is 4.47. The van der Waals surface area contributed by atoms with Gasteiger partial charge in [0.25, 0.3) is 0 Å². The molecule has 0 saturated carbocycles. The van der Waals surface area contributed by atoms with Crippen LogP contribution in [0, 0.1) is 0 Å². The van der Waals surface area contributed by atoms with E-state index in [9.17, 15) is 4.79 Å². The van der Waals surface area contributed by atoms with Crippen LogP contribution in [0.5, 0.6) is 0 Å². The Morgan fingerprint density at radius 2 is 2.09 bits per heavy atom. The summed E-state index contributed by atoms with van der Waals surface area (Å²) in [5.41, 5.74) is 0. The zero-order valence-electron chi connectivity index (χ0n) is 7.52. The van der Waals surface area contributed by atoms with Crippen molar-refractivity contribution in [2.24, 2.45) is 5.90 Å². The molecule has 0 radical (unpaired) electrons. The first-order valence-corrected chi connectivity index (χ1v) is 3.89. The van der Waals surface area contributed by atoms with Gasteiger partial charge in [-0.25, -0.2) is 5.90 Å². The fraction of sp³-hybridized carbons (Fsp3) is 0.857. The molecular weight excluding hydrogens is 144 g/mol. The molecule has 0 aromatic rings. The van der Waals surface area contributed by atoms with Crippen LogP contribution in [0.3, 0.4) is 0 Å². The molecule has 0 heterocycles. The lowest BCUT2D eigenvalue weighted by atomic mass is 10.5. The Balaban J connectivity index is 0. The van der Waals surface area contributed by atoms with Gasteiger partial charge in [0.05, 0.1) is 0 Å². The van der Waals surface area contributed by atoms with Gasteiger partial charge in [-0.05, 0) is 6.42 Å². The van der Waals surface area contributed by atoms with E-state index in [-0.39, 0.29) is 12.5 Å². The molecule has 0 saturated heterocycles. The van der Waals surface area contributed by atoms with Crippen LogP contribution < -0.4 is 11.2 Å². The lowest BCUT2D eigenvalue weighted by molar-refractivity contribution is -0.125. The largest absolute Gasteiger partial charge is 0.354 e. The second-order valence-electron chi connectivity index (χ2n) is 1.66. The highest BCUT2D eigenvalue weighted by Gasteiger charge is 1.95. The molecule has 68 valence electrons. The van der Waals surface area contributed by atoms with Crippen molar-refractivity contribution in [2.75, 3.05) is 13.2 Å². The van der Waals surface area contributed by atoms with Crippen LogP contribution in [0.25, 0.3) is 0 Å². The smallest absolute Gasteiger partial charge is 0.248 e. The van der Waals surface area contributed by atoms with Crippen LogP contribution in [0.4, 0.5) is 0 Å².